The van der Waals surface area contributed by atoms with Crippen molar-refractivity contribution in [3.8, 4) is 5.75 Å². The lowest BCUT2D eigenvalue weighted by molar-refractivity contribution is 0.286. The van der Waals surface area contributed by atoms with E-state index >= 15 is 0 Å². The molecule has 0 aliphatic heterocycles. The summed E-state index contributed by atoms with van der Waals surface area (Å²) in [5.74, 6) is 1.77. The maximum atomic E-state index is 5.95. The van der Waals surface area contributed by atoms with Crippen molar-refractivity contribution in [2.24, 2.45) is 5.92 Å². The van der Waals surface area contributed by atoms with Gasteiger partial charge in [-0.15, -0.1) is 0 Å². The minimum Gasteiger partial charge on any atom is -0.494 e. The second-order valence-electron chi connectivity index (χ2n) is 7.62. The molecule has 142 valence electrons. The summed E-state index contributed by atoms with van der Waals surface area (Å²) in [4.78, 5) is 0. The van der Waals surface area contributed by atoms with Crippen molar-refractivity contribution in [3.63, 3.8) is 0 Å². The Hall–Kier alpha value is -1.76. The average molecular weight is 353 g/mol. The molecule has 0 fully saturated rings. The van der Waals surface area contributed by atoms with Gasteiger partial charge in [0.05, 0.1) is 6.61 Å². The zero-order valence-corrected chi connectivity index (χ0v) is 17.2. The Kier molecular flexibility index (Phi) is 8.74. The van der Waals surface area contributed by atoms with E-state index < -0.39 is 0 Å². The minimum absolute atomic E-state index is 0.767. The van der Waals surface area contributed by atoms with Crippen LogP contribution in [-0.2, 0) is 12.8 Å². The van der Waals surface area contributed by atoms with Crippen molar-refractivity contribution in [1.29, 1.82) is 0 Å². The van der Waals surface area contributed by atoms with E-state index in [1.165, 1.54) is 54.4 Å². The Morgan fingerprint density at radius 1 is 0.808 bits per heavy atom. The predicted octanol–water partition coefficient (Wildman–Crippen LogP) is 7.07. The first kappa shape index (κ1) is 20.6. The van der Waals surface area contributed by atoms with E-state index in [-0.39, 0.29) is 0 Å². The monoisotopic (exact) mass is 352 g/mol. The fraction of sp³-hybridized carbons (Fsp3) is 0.520. The van der Waals surface area contributed by atoms with E-state index in [1.807, 2.05) is 0 Å². The van der Waals surface area contributed by atoms with E-state index in [0.29, 0.717) is 0 Å². The summed E-state index contributed by atoms with van der Waals surface area (Å²) in [7, 11) is 0. The van der Waals surface area contributed by atoms with Crippen LogP contribution >= 0.6 is 0 Å². The third-order valence-electron chi connectivity index (χ3n) is 5.42. The quantitative estimate of drug-likeness (QED) is 0.393. The molecule has 0 saturated heterocycles. The first-order valence-electron chi connectivity index (χ1n) is 10.4. The van der Waals surface area contributed by atoms with Crippen molar-refractivity contribution in [3.05, 3.63) is 64.7 Å². The molecule has 0 amide bonds. The molecule has 0 radical (unpaired) electrons. The minimum atomic E-state index is 0.767. The fourth-order valence-electron chi connectivity index (χ4n) is 3.49. The van der Waals surface area contributed by atoms with Crippen LogP contribution in [0.25, 0.3) is 0 Å². The fourth-order valence-corrected chi connectivity index (χ4v) is 3.49. The number of unbranched alkanes of at least 4 members (excludes halogenated alkanes) is 1. The van der Waals surface area contributed by atoms with Crippen molar-refractivity contribution in [2.45, 2.75) is 72.6 Å². The number of rotatable bonds is 11. The molecular weight excluding hydrogens is 316 g/mol. The summed E-state index contributed by atoms with van der Waals surface area (Å²) >= 11 is 0. The molecule has 26 heavy (non-hydrogen) atoms. The van der Waals surface area contributed by atoms with Crippen LogP contribution in [-0.4, -0.2) is 6.61 Å². The highest BCUT2D eigenvalue weighted by Crippen LogP contribution is 2.22. The Morgan fingerprint density at radius 2 is 1.50 bits per heavy atom. The van der Waals surface area contributed by atoms with Gasteiger partial charge in [-0.3, -0.25) is 0 Å². The van der Waals surface area contributed by atoms with E-state index in [2.05, 4.69) is 70.2 Å². The second kappa shape index (κ2) is 11.1. The lowest BCUT2D eigenvalue weighted by Gasteiger charge is -2.18. The highest BCUT2D eigenvalue weighted by molar-refractivity contribution is 5.30. The van der Waals surface area contributed by atoms with Crippen LogP contribution in [0, 0.1) is 19.8 Å². The molecule has 2 rings (SSSR count). The van der Waals surface area contributed by atoms with Crippen LogP contribution in [0.2, 0.25) is 0 Å². The number of hydrogen-bond donors (Lipinski definition) is 0. The highest BCUT2D eigenvalue weighted by Gasteiger charge is 2.10. The molecular formula is C25H36O. The van der Waals surface area contributed by atoms with Crippen molar-refractivity contribution in [1.82, 2.24) is 0 Å². The Balaban J connectivity index is 1.81. The molecule has 2 aromatic carbocycles. The average Bonchev–Trinajstić information content (AvgIpc) is 2.66. The van der Waals surface area contributed by atoms with Crippen LogP contribution in [0.15, 0.2) is 42.5 Å². The molecule has 0 N–H and O–H groups in total. The maximum Gasteiger partial charge on any atom is 0.119 e. The van der Waals surface area contributed by atoms with Gasteiger partial charge in [-0.2, -0.15) is 0 Å². The van der Waals surface area contributed by atoms with Gasteiger partial charge in [0.15, 0.2) is 0 Å². The molecule has 0 spiro atoms. The molecule has 0 heterocycles. The molecule has 0 bridgehead atoms. The Labute approximate surface area is 160 Å². The van der Waals surface area contributed by atoms with Gasteiger partial charge in [0.25, 0.3) is 0 Å². The van der Waals surface area contributed by atoms with Gasteiger partial charge in [0.2, 0.25) is 0 Å². The highest BCUT2D eigenvalue weighted by atomic mass is 16.5. The van der Waals surface area contributed by atoms with Gasteiger partial charge < -0.3 is 4.74 Å². The molecule has 1 nitrogen and oxygen atoms in total. The van der Waals surface area contributed by atoms with Gasteiger partial charge in [0, 0.05) is 0 Å². The summed E-state index contributed by atoms with van der Waals surface area (Å²) < 4.78 is 5.95. The Bertz CT molecular complexity index is 642. The molecule has 0 aliphatic rings. The maximum absolute atomic E-state index is 5.95. The SMILES string of the molecule is CCCCC(CCCOc1ccc(CC)cc1)Cc1ccc(C)c(C)c1. The van der Waals surface area contributed by atoms with E-state index in [9.17, 15) is 0 Å². The largest absolute Gasteiger partial charge is 0.494 e. The zero-order valence-electron chi connectivity index (χ0n) is 17.2. The van der Waals surface area contributed by atoms with Crippen LogP contribution in [0.3, 0.4) is 0 Å². The van der Waals surface area contributed by atoms with Crippen LogP contribution < -0.4 is 4.74 Å². The third-order valence-corrected chi connectivity index (χ3v) is 5.42. The normalized spacial score (nSPS) is 12.2. The van der Waals surface area contributed by atoms with Gasteiger partial charge >= 0.3 is 0 Å². The van der Waals surface area contributed by atoms with Crippen LogP contribution in [0.1, 0.15) is 68.2 Å². The summed E-state index contributed by atoms with van der Waals surface area (Å²) in [6.45, 7) is 9.70. The molecule has 0 aromatic heterocycles. The summed E-state index contributed by atoms with van der Waals surface area (Å²) in [6, 6.07) is 15.5. The van der Waals surface area contributed by atoms with E-state index in [0.717, 1.165) is 31.1 Å². The summed E-state index contributed by atoms with van der Waals surface area (Å²) in [5, 5.41) is 0. The molecule has 0 saturated carbocycles. The predicted molar refractivity (Wildman–Crippen MR) is 113 cm³/mol. The molecule has 0 aliphatic carbocycles. The number of ether oxygens (including phenoxy) is 1. The van der Waals surface area contributed by atoms with E-state index in [1.54, 1.807) is 0 Å². The standard InChI is InChI=1S/C25H36O/c1-5-7-9-23(19-24-12-11-20(3)21(4)18-24)10-8-17-26-25-15-13-22(6-2)14-16-25/h11-16,18,23H,5-10,17,19H2,1-4H3. The van der Waals surface area contributed by atoms with Crippen LogP contribution in [0.4, 0.5) is 0 Å². The zero-order chi connectivity index (χ0) is 18.8. The number of hydrogen-bond acceptors (Lipinski definition) is 1. The summed E-state index contributed by atoms with van der Waals surface area (Å²) in [5.41, 5.74) is 5.66. The van der Waals surface area contributed by atoms with Crippen molar-refractivity contribution >= 4 is 0 Å². The van der Waals surface area contributed by atoms with Gasteiger partial charge in [-0.1, -0.05) is 63.4 Å². The number of aryl methyl sites for hydroxylation is 3. The molecule has 1 unspecified atom stereocenters. The first-order chi connectivity index (χ1) is 12.6. The van der Waals surface area contributed by atoms with Gasteiger partial charge in [0.1, 0.15) is 5.75 Å². The second-order valence-corrected chi connectivity index (χ2v) is 7.62. The van der Waals surface area contributed by atoms with Gasteiger partial charge in [-0.25, -0.2) is 0 Å². The topological polar surface area (TPSA) is 9.23 Å². The van der Waals surface area contributed by atoms with E-state index in [4.69, 9.17) is 4.74 Å². The van der Waals surface area contributed by atoms with Crippen molar-refractivity contribution < 1.29 is 4.74 Å². The summed E-state index contributed by atoms with van der Waals surface area (Å²) in [6.07, 6.45) is 8.60. The van der Waals surface area contributed by atoms with Crippen molar-refractivity contribution in [2.75, 3.05) is 6.61 Å². The lowest BCUT2D eigenvalue weighted by atomic mass is 9.89. The third kappa shape index (κ3) is 6.86. The molecule has 1 atom stereocenters. The smallest absolute Gasteiger partial charge is 0.119 e. The van der Waals surface area contributed by atoms with Gasteiger partial charge in [-0.05, 0) is 79.8 Å². The molecule has 2 aromatic rings. The Morgan fingerprint density at radius 3 is 2.15 bits per heavy atom. The first-order valence-corrected chi connectivity index (χ1v) is 10.4. The lowest BCUT2D eigenvalue weighted by Crippen LogP contribution is -2.08. The number of benzene rings is 2. The molecule has 1 heteroatoms. The van der Waals surface area contributed by atoms with Crippen LogP contribution in [0.5, 0.6) is 5.75 Å².